The van der Waals surface area contributed by atoms with Crippen LogP contribution in [0.4, 0.5) is 0 Å². The molecule has 1 aromatic rings. The molecule has 2 fully saturated rings. The van der Waals surface area contributed by atoms with Gasteiger partial charge in [0.05, 0.1) is 12.2 Å². The van der Waals surface area contributed by atoms with Gasteiger partial charge in [0, 0.05) is 30.7 Å². The van der Waals surface area contributed by atoms with E-state index in [0.29, 0.717) is 12.5 Å². The maximum absolute atomic E-state index is 6.16. The molecule has 0 aromatic heterocycles. The summed E-state index contributed by atoms with van der Waals surface area (Å²) < 4.78 is 11.6. The van der Waals surface area contributed by atoms with Crippen LogP contribution in [0.1, 0.15) is 36.4 Å². The largest absolute Gasteiger partial charge is 0.378 e. The highest BCUT2D eigenvalue weighted by Crippen LogP contribution is 2.41. The van der Waals surface area contributed by atoms with Crippen LogP contribution in [0.3, 0.4) is 0 Å². The van der Waals surface area contributed by atoms with Gasteiger partial charge in [-0.25, -0.2) is 0 Å². The summed E-state index contributed by atoms with van der Waals surface area (Å²) in [5.41, 5.74) is 5.30. The van der Waals surface area contributed by atoms with Crippen molar-refractivity contribution in [3.8, 4) is 0 Å². The molecule has 3 rings (SSSR count). The van der Waals surface area contributed by atoms with Gasteiger partial charge in [0.25, 0.3) is 0 Å². The zero-order valence-corrected chi connectivity index (χ0v) is 13.2. The number of hydrogen-bond acceptors (Lipinski definition) is 4. The zero-order chi connectivity index (χ0) is 14.9. The van der Waals surface area contributed by atoms with Crippen molar-refractivity contribution in [3.63, 3.8) is 0 Å². The minimum absolute atomic E-state index is 0.102. The summed E-state index contributed by atoms with van der Waals surface area (Å²) in [6.07, 6.45) is 2.96. The molecular weight excluding hydrogens is 288 g/mol. The number of ether oxygens (including phenoxy) is 2. The highest BCUT2D eigenvalue weighted by atomic mass is 35.5. The average molecular weight is 311 g/mol. The lowest BCUT2D eigenvalue weighted by Gasteiger charge is -2.40. The van der Waals surface area contributed by atoms with Crippen molar-refractivity contribution < 1.29 is 9.47 Å². The standard InChI is InChI=1S/C16H23ClN2O2/c1-11-2-3-13(17)8-14(11)15(19-18)12-4-6-21-16(9-12)5-7-20-10-16/h2-3,8,12,15,19H,4-7,9-10,18H2,1H3. The van der Waals surface area contributed by atoms with Gasteiger partial charge in [-0.15, -0.1) is 0 Å². The first-order chi connectivity index (χ1) is 10.1. The SMILES string of the molecule is Cc1ccc(Cl)cc1C(NN)C1CCOC2(CCOC2)C1. The average Bonchev–Trinajstić information content (AvgIpc) is 2.91. The molecule has 0 amide bonds. The van der Waals surface area contributed by atoms with E-state index in [1.807, 2.05) is 12.1 Å². The molecule has 21 heavy (non-hydrogen) atoms. The van der Waals surface area contributed by atoms with Crippen LogP contribution in [0.5, 0.6) is 0 Å². The molecule has 0 bridgehead atoms. The van der Waals surface area contributed by atoms with Crippen molar-refractivity contribution in [2.75, 3.05) is 19.8 Å². The summed E-state index contributed by atoms with van der Waals surface area (Å²) in [4.78, 5) is 0. The molecule has 2 heterocycles. The summed E-state index contributed by atoms with van der Waals surface area (Å²) in [7, 11) is 0. The van der Waals surface area contributed by atoms with Gasteiger partial charge in [-0.05, 0) is 48.9 Å². The molecule has 3 N–H and O–H groups in total. The summed E-state index contributed by atoms with van der Waals surface area (Å²) in [5, 5.41) is 0.752. The van der Waals surface area contributed by atoms with Crippen molar-refractivity contribution in [2.45, 2.75) is 37.8 Å². The van der Waals surface area contributed by atoms with Gasteiger partial charge in [0.2, 0.25) is 0 Å². The van der Waals surface area contributed by atoms with Crippen molar-refractivity contribution in [1.29, 1.82) is 0 Å². The first kappa shape index (κ1) is 15.3. The molecule has 5 heteroatoms. The van der Waals surface area contributed by atoms with Crippen LogP contribution >= 0.6 is 11.6 Å². The number of nitrogens with two attached hydrogens (primary N) is 1. The van der Waals surface area contributed by atoms with E-state index in [1.54, 1.807) is 0 Å². The van der Waals surface area contributed by atoms with Gasteiger partial charge in [-0.2, -0.15) is 0 Å². The fourth-order valence-electron chi connectivity index (χ4n) is 3.64. The van der Waals surface area contributed by atoms with E-state index in [2.05, 4.69) is 18.4 Å². The zero-order valence-electron chi connectivity index (χ0n) is 12.4. The molecule has 1 spiro atoms. The Morgan fingerprint density at radius 2 is 2.29 bits per heavy atom. The maximum Gasteiger partial charge on any atom is 0.0940 e. The summed E-state index contributed by atoms with van der Waals surface area (Å²) >= 11 is 6.16. The Kier molecular flexibility index (Phi) is 4.52. The van der Waals surface area contributed by atoms with Crippen molar-refractivity contribution in [1.82, 2.24) is 5.43 Å². The molecule has 4 nitrogen and oxygen atoms in total. The Bertz CT molecular complexity index is 503. The van der Waals surface area contributed by atoms with Crippen LogP contribution in [0, 0.1) is 12.8 Å². The summed E-state index contributed by atoms with van der Waals surface area (Å²) in [6.45, 7) is 4.37. The van der Waals surface area contributed by atoms with Gasteiger partial charge in [-0.1, -0.05) is 17.7 Å². The highest BCUT2D eigenvalue weighted by molar-refractivity contribution is 6.30. The Labute approximate surface area is 130 Å². The number of halogens is 1. The Morgan fingerprint density at radius 1 is 1.43 bits per heavy atom. The van der Waals surface area contributed by atoms with Gasteiger partial charge in [0.1, 0.15) is 0 Å². The summed E-state index contributed by atoms with van der Waals surface area (Å²) in [5.74, 6) is 6.31. The van der Waals surface area contributed by atoms with Crippen LogP contribution in [-0.4, -0.2) is 25.4 Å². The van der Waals surface area contributed by atoms with E-state index >= 15 is 0 Å². The van der Waals surface area contributed by atoms with Crippen LogP contribution in [0.15, 0.2) is 18.2 Å². The minimum Gasteiger partial charge on any atom is -0.378 e. The molecule has 2 saturated heterocycles. The molecule has 2 aliphatic heterocycles. The predicted octanol–water partition coefficient (Wildman–Crippen LogP) is 2.74. The smallest absolute Gasteiger partial charge is 0.0940 e. The van der Waals surface area contributed by atoms with E-state index in [9.17, 15) is 0 Å². The molecule has 3 atom stereocenters. The van der Waals surface area contributed by atoms with Crippen molar-refractivity contribution >= 4 is 11.6 Å². The third-order valence-electron chi connectivity index (χ3n) is 4.83. The molecular formula is C16H23ClN2O2. The molecule has 0 radical (unpaired) electrons. The molecule has 2 aliphatic rings. The number of benzene rings is 1. The first-order valence-electron chi connectivity index (χ1n) is 7.57. The number of hydrazine groups is 1. The molecule has 116 valence electrons. The Morgan fingerprint density at radius 3 is 3.00 bits per heavy atom. The van der Waals surface area contributed by atoms with Gasteiger partial charge < -0.3 is 9.47 Å². The highest BCUT2D eigenvalue weighted by Gasteiger charge is 2.43. The third-order valence-corrected chi connectivity index (χ3v) is 5.06. The molecule has 1 aromatic carbocycles. The van der Waals surface area contributed by atoms with Crippen molar-refractivity contribution in [3.05, 3.63) is 34.3 Å². The second-order valence-corrected chi connectivity index (χ2v) is 6.67. The van der Waals surface area contributed by atoms with Crippen LogP contribution < -0.4 is 11.3 Å². The predicted molar refractivity (Wildman–Crippen MR) is 83.1 cm³/mol. The lowest BCUT2D eigenvalue weighted by atomic mass is 9.78. The summed E-state index contributed by atoms with van der Waals surface area (Å²) in [6, 6.07) is 6.10. The maximum atomic E-state index is 6.16. The first-order valence-corrected chi connectivity index (χ1v) is 7.95. The molecule has 0 aliphatic carbocycles. The second-order valence-electron chi connectivity index (χ2n) is 6.23. The van der Waals surface area contributed by atoms with Gasteiger partial charge >= 0.3 is 0 Å². The Balaban J connectivity index is 1.84. The van der Waals surface area contributed by atoms with Gasteiger partial charge in [-0.3, -0.25) is 11.3 Å². The quantitative estimate of drug-likeness (QED) is 0.666. The van der Waals surface area contributed by atoms with Crippen LogP contribution in [0.2, 0.25) is 5.02 Å². The minimum atomic E-state index is -0.107. The molecule has 3 unspecified atom stereocenters. The molecule has 0 saturated carbocycles. The normalized spacial score (nSPS) is 30.7. The number of nitrogens with one attached hydrogen (secondary N) is 1. The number of rotatable bonds is 3. The second kappa shape index (κ2) is 6.23. The lowest BCUT2D eigenvalue weighted by Crippen LogP contribution is -2.45. The van der Waals surface area contributed by atoms with E-state index in [-0.39, 0.29) is 11.6 Å². The van der Waals surface area contributed by atoms with E-state index in [0.717, 1.165) is 37.5 Å². The van der Waals surface area contributed by atoms with E-state index < -0.39 is 0 Å². The van der Waals surface area contributed by atoms with Crippen molar-refractivity contribution in [2.24, 2.45) is 11.8 Å². The number of aryl methyl sites for hydroxylation is 1. The fourth-order valence-corrected chi connectivity index (χ4v) is 3.82. The fraction of sp³-hybridized carbons (Fsp3) is 0.625. The lowest BCUT2D eigenvalue weighted by molar-refractivity contribution is -0.103. The third kappa shape index (κ3) is 3.10. The topological polar surface area (TPSA) is 56.5 Å². The van der Waals surface area contributed by atoms with Crippen LogP contribution in [-0.2, 0) is 9.47 Å². The Hall–Kier alpha value is -0.650. The number of hydrogen-bond donors (Lipinski definition) is 2. The van der Waals surface area contributed by atoms with Crippen LogP contribution in [0.25, 0.3) is 0 Å². The van der Waals surface area contributed by atoms with E-state index in [1.165, 1.54) is 11.1 Å². The monoisotopic (exact) mass is 310 g/mol. The van der Waals surface area contributed by atoms with Gasteiger partial charge in [0.15, 0.2) is 0 Å². The van der Waals surface area contributed by atoms with E-state index in [4.69, 9.17) is 26.9 Å².